The topological polar surface area (TPSA) is 59.7 Å². The first-order valence-corrected chi connectivity index (χ1v) is 9.54. The van der Waals surface area contributed by atoms with Crippen LogP contribution in [0.2, 0.25) is 0 Å². The predicted octanol–water partition coefficient (Wildman–Crippen LogP) is 3.49. The Balaban J connectivity index is 1.57. The van der Waals surface area contributed by atoms with Crippen LogP contribution in [0, 0.1) is 5.82 Å². The number of benzene rings is 1. The van der Waals surface area contributed by atoms with Crippen molar-refractivity contribution >= 4 is 5.69 Å². The molecule has 0 saturated heterocycles. The van der Waals surface area contributed by atoms with E-state index < -0.39 is 0 Å². The van der Waals surface area contributed by atoms with Crippen molar-refractivity contribution in [3.8, 4) is 11.5 Å². The lowest BCUT2D eigenvalue weighted by molar-refractivity contribution is 0.568. The standard InChI is InChI=1S/C22H19FN6/c23-19-7-2-1-5-16(19)14-29-20-8-12-28(17-6-3-9-24-13-17)15-18(20)21(27-29)22-25-10-4-11-26-22/h1-7,9-11,13H,8,12,14-15H2. The molecule has 6 nitrogen and oxygen atoms in total. The van der Waals surface area contributed by atoms with E-state index >= 15 is 0 Å². The fourth-order valence-corrected chi connectivity index (χ4v) is 3.77. The fraction of sp³-hybridized carbons (Fsp3) is 0.182. The smallest absolute Gasteiger partial charge is 0.180 e. The molecule has 4 heterocycles. The van der Waals surface area contributed by atoms with Gasteiger partial charge in [-0.05, 0) is 24.3 Å². The van der Waals surface area contributed by atoms with Crippen molar-refractivity contribution in [2.45, 2.75) is 19.5 Å². The monoisotopic (exact) mass is 386 g/mol. The van der Waals surface area contributed by atoms with Crippen LogP contribution in [0.1, 0.15) is 16.8 Å². The van der Waals surface area contributed by atoms with Crippen molar-refractivity contribution in [1.82, 2.24) is 24.7 Å². The summed E-state index contributed by atoms with van der Waals surface area (Å²) in [7, 11) is 0. The highest BCUT2D eigenvalue weighted by Gasteiger charge is 2.27. The minimum absolute atomic E-state index is 0.220. The molecule has 0 N–H and O–H groups in total. The van der Waals surface area contributed by atoms with Crippen molar-refractivity contribution in [2.24, 2.45) is 0 Å². The van der Waals surface area contributed by atoms with Crippen molar-refractivity contribution in [3.05, 3.63) is 89.9 Å². The molecule has 7 heteroatoms. The summed E-state index contributed by atoms with van der Waals surface area (Å²) in [5.41, 5.74) is 4.64. The Morgan fingerprint density at radius 3 is 2.62 bits per heavy atom. The first-order chi connectivity index (χ1) is 14.3. The van der Waals surface area contributed by atoms with Crippen LogP contribution >= 0.6 is 0 Å². The van der Waals surface area contributed by atoms with Crippen molar-refractivity contribution in [3.63, 3.8) is 0 Å². The molecule has 0 spiro atoms. The van der Waals surface area contributed by atoms with Crippen LogP contribution in [0.25, 0.3) is 11.5 Å². The number of anilines is 1. The summed E-state index contributed by atoms with van der Waals surface area (Å²) in [6.45, 7) is 1.91. The van der Waals surface area contributed by atoms with E-state index in [0.717, 1.165) is 35.6 Å². The van der Waals surface area contributed by atoms with E-state index in [9.17, 15) is 4.39 Å². The van der Waals surface area contributed by atoms with Gasteiger partial charge in [-0.15, -0.1) is 0 Å². The Kier molecular flexibility index (Phi) is 4.48. The van der Waals surface area contributed by atoms with Crippen LogP contribution in [0.5, 0.6) is 0 Å². The molecule has 144 valence electrons. The minimum atomic E-state index is -0.220. The fourth-order valence-electron chi connectivity index (χ4n) is 3.77. The predicted molar refractivity (Wildman–Crippen MR) is 108 cm³/mol. The van der Waals surface area contributed by atoms with Gasteiger partial charge in [-0.25, -0.2) is 14.4 Å². The number of hydrogen-bond donors (Lipinski definition) is 0. The molecule has 3 aromatic heterocycles. The molecule has 0 unspecified atom stereocenters. The van der Waals surface area contributed by atoms with E-state index in [4.69, 9.17) is 5.10 Å². The summed E-state index contributed by atoms with van der Waals surface area (Å²) in [4.78, 5) is 15.3. The van der Waals surface area contributed by atoms with Crippen LogP contribution in [0.15, 0.2) is 67.3 Å². The van der Waals surface area contributed by atoms with Gasteiger partial charge in [0.05, 0.1) is 18.4 Å². The molecule has 4 aromatic rings. The van der Waals surface area contributed by atoms with Crippen LogP contribution < -0.4 is 4.90 Å². The normalized spacial score (nSPS) is 13.3. The van der Waals surface area contributed by atoms with Gasteiger partial charge < -0.3 is 4.90 Å². The van der Waals surface area contributed by atoms with Gasteiger partial charge in [-0.3, -0.25) is 9.67 Å². The van der Waals surface area contributed by atoms with E-state index in [0.29, 0.717) is 24.5 Å². The first kappa shape index (κ1) is 17.5. The molecule has 0 bridgehead atoms. The second kappa shape index (κ2) is 7.43. The number of pyridine rings is 1. The molecule has 29 heavy (non-hydrogen) atoms. The summed E-state index contributed by atoms with van der Waals surface area (Å²) in [5.74, 6) is 0.367. The van der Waals surface area contributed by atoms with Gasteiger partial charge in [0, 0.05) is 54.9 Å². The molecule has 1 aliphatic rings. The molecule has 0 radical (unpaired) electrons. The second-order valence-corrected chi connectivity index (χ2v) is 6.98. The summed E-state index contributed by atoms with van der Waals surface area (Å²) >= 11 is 0. The molecule has 0 saturated carbocycles. The Bertz CT molecular complexity index is 1130. The molecule has 0 fully saturated rings. The molecular weight excluding hydrogens is 367 g/mol. The minimum Gasteiger partial charge on any atom is -0.365 e. The average molecular weight is 386 g/mol. The molecule has 0 amide bonds. The molecular formula is C22H19FN6. The zero-order valence-electron chi connectivity index (χ0n) is 15.7. The van der Waals surface area contributed by atoms with E-state index in [1.165, 1.54) is 6.07 Å². The third-order valence-corrected chi connectivity index (χ3v) is 5.20. The highest BCUT2D eigenvalue weighted by atomic mass is 19.1. The van der Waals surface area contributed by atoms with Gasteiger partial charge in [0.1, 0.15) is 11.5 Å². The van der Waals surface area contributed by atoms with Crippen LogP contribution in [0.3, 0.4) is 0 Å². The number of aromatic nitrogens is 5. The summed E-state index contributed by atoms with van der Waals surface area (Å²) in [6.07, 6.45) is 7.87. The van der Waals surface area contributed by atoms with Crippen LogP contribution in [-0.4, -0.2) is 31.3 Å². The SMILES string of the molecule is Fc1ccccc1Cn1nc(-c2ncccn2)c2c1CCN(c1cccnc1)C2. The lowest BCUT2D eigenvalue weighted by atomic mass is 10.0. The second-order valence-electron chi connectivity index (χ2n) is 6.98. The number of hydrogen-bond acceptors (Lipinski definition) is 5. The Morgan fingerprint density at radius 1 is 0.966 bits per heavy atom. The highest BCUT2D eigenvalue weighted by molar-refractivity contribution is 5.59. The Morgan fingerprint density at radius 2 is 1.83 bits per heavy atom. The van der Waals surface area contributed by atoms with Crippen LogP contribution in [0.4, 0.5) is 10.1 Å². The summed E-state index contributed by atoms with van der Waals surface area (Å²) in [6, 6.07) is 12.6. The average Bonchev–Trinajstić information content (AvgIpc) is 3.14. The Hall–Kier alpha value is -3.61. The van der Waals surface area contributed by atoms with Gasteiger partial charge >= 0.3 is 0 Å². The zero-order chi connectivity index (χ0) is 19.6. The van der Waals surface area contributed by atoms with E-state index in [2.05, 4.69) is 25.9 Å². The third kappa shape index (κ3) is 3.35. The van der Waals surface area contributed by atoms with Crippen LogP contribution in [-0.2, 0) is 19.5 Å². The maximum Gasteiger partial charge on any atom is 0.180 e. The number of rotatable bonds is 4. The van der Waals surface area contributed by atoms with Gasteiger partial charge in [0.15, 0.2) is 5.82 Å². The molecule has 1 aromatic carbocycles. The molecule has 0 aliphatic carbocycles. The number of nitrogens with zero attached hydrogens (tertiary/aromatic N) is 6. The maximum absolute atomic E-state index is 14.2. The third-order valence-electron chi connectivity index (χ3n) is 5.20. The quantitative estimate of drug-likeness (QED) is 0.537. The van der Waals surface area contributed by atoms with E-state index in [1.807, 2.05) is 23.0 Å². The lowest BCUT2D eigenvalue weighted by Crippen LogP contribution is -2.31. The summed E-state index contributed by atoms with van der Waals surface area (Å²) < 4.78 is 16.1. The van der Waals surface area contributed by atoms with Crippen molar-refractivity contribution in [2.75, 3.05) is 11.4 Å². The van der Waals surface area contributed by atoms with E-state index in [1.54, 1.807) is 36.8 Å². The molecule has 1 aliphatic heterocycles. The van der Waals surface area contributed by atoms with E-state index in [-0.39, 0.29) is 5.82 Å². The lowest BCUT2D eigenvalue weighted by Gasteiger charge is -2.29. The molecule has 0 atom stereocenters. The van der Waals surface area contributed by atoms with Gasteiger partial charge in [-0.1, -0.05) is 18.2 Å². The van der Waals surface area contributed by atoms with Crippen molar-refractivity contribution < 1.29 is 4.39 Å². The number of fused-ring (bicyclic) bond motifs is 1. The van der Waals surface area contributed by atoms with Gasteiger partial charge in [0.25, 0.3) is 0 Å². The van der Waals surface area contributed by atoms with Gasteiger partial charge in [0.2, 0.25) is 0 Å². The zero-order valence-corrected chi connectivity index (χ0v) is 15.7. The Labute approximate surface area is 167 Å². The first-order valence-electron chi connectivity index (χ1n) is 9.54. The van der Waals surface area contributed by atoms with Crippen molar-refractivity contribution in [1.29, 1.82) is 0 Å². The number of halogens is 1. The molecule has 5 rings (SSSR count). The summed E-state index contributed by atoms with van der Waals surface area (Å²) in [5, 5.41) is 4.81. The maximum atomic E-state index is 14.2. The highest BCUT2D eigenvalue weighted by Crippen LogP contribution is 2.31. The largest absolute Gasteiger partial charge is 0.365 e. The van der Waals surface area contributed by atoms with Gasteiger partial charge in [-0.2, -0.15) is 5.10 Å².